The number of hydrogen-bond donors (Lipinski definition) is 2. The van der Waals surface area contributed by atoms with Crippen LogP contribution in [0.1, 0.15) is 11.1 Å². The third-order valence-corrected chi connectivity index (χ3v) is 6.76. The van der Waals surface area contributed by atoms with Crippen LogP contribution in [0.2, 0.25) is 0 Å². The summed E-state index contributed by atoms with van der Waals surface area (Å²) in [5.74, 6) is -1.62. The molecule has 0 spiro atoms. The number of methoxy groups -OCH3 is 1. The first-order chi connectivity index (χ1) is 20.6. The van der Waals surface area contributed by atoms with Gasteiger partial charge in [0.1, 0.15) is 17.2 Å². The van der Waals surface area contributed by atoms with Crippen LogP contribution in [0.5, 0.6) is 5.88 Å². The van der Waals surface area contributed by atoms with Crippen LogP contribution in [-0.4, -0.2) is 63.1 Å². The Hall–Kier alpha value is -5.37. The van der Waals surface area contributed by atoms with Gasteiger partial charge < -0.3 is 20.3 Å². The largest absolute Gasteiger partial charge is 0.480 e. The van der Waals surface area contributed by atoms with E-state index in [2.05, 4.69) is 20.8 Å². The van der Waals surface area contributed by atoms with Gasteiger partial charge in [0.2, 0.25) is 5.88 Å². The molecule has 0 aliphatic heterocycles. The molecule has 0 aliphatic carbocycles. The van der Waals surface area contributed by atoms with Gasteiger partial charge in [0, 0.05) is 48.2 Å². The Morgan fingerprint density at radius 1 is 0.977 bits per heavy atom. The summed E-state index contributed by atoms with van der Waals surface area (Å²) in [5, 5.41) is 13.0. The fourth-order valence-corrected chi connectivity index (χ4v) is 4.72. The van der Waals surface area contributed by atoms with E-state index in [0.717, 1.165) is 21.4 Å². The number of rotatable bonds is 8. The van der Waals surface area contributed by atoms with Crippen molar-refractivity contribution >= 4 is 17.2 Å². The molecule has 5 aromatic rings. The fourth-order valence-electron chi connectivity index (χ4n) is 4.72. The van der Waals surface area contributed by atoms with Gasteiger partial charge in [-0.05, 0) is 50.0 Å². The zero-order valence-electron chi connectivity index (χ0n) is 23.8. The summed E-state index contributed by atoms with van der Waals surface area (Å²) in [7, 11) is 6.54. The zero-order valence-corrected chi connectivity index (χ0v) is 23.8. The van der Waals surface area contributed by atoms with Crippen molar-refractivity contribution in [3.8, 4) is 22.8 Å². The van der Waals surface area contributed by atoms with Crippen LogP contribution >= 0.6 is 0 Å². The number of nitrogens with one attached hydrogen (secondary N) is 2. The molecule has 12 nitrogen and oxygen atoms in total. The maximum Gasteiger partial charge on any atom is 0.352 e. The minimum Gasteiger partial charge on any atom is -0.480 e. The molecule has 0 unspecified atom stereocenters. The molecule has 0 aliphatic rings. The Morgan fingerprint density at radius 3 is 2.26 bits per heavy atom. The summed E-state index contributed by atoms with van der Waals surface area (Å²) >= 11 is 0. The van der Waals surface area contributed by atoms with Crippen LogP contribution in [-0.2, 0) is 13.1 Å². The molecule has 2 N–H and O–H groups in total. The zero-order chi connectivity index (χ0) is 30.8. The van der Waals surface area contributed by atoms with Crippen molar-refractivity contribution in [3.63, 3.8) is 0 Å². The first-order valence-corrected chi connectivity index (χ1v) is 13.1. The Kier molecular flexibility index (Phi) is 8.03. The Balaban J connectivity index is 1.82. The number of hydrogen-bond acceptors (Lipinski definition) is 7. The molecule has 0 saturated carbocycles. The summed E-state index contributed by atoms with van der Waals surface area (Å²) < 4.78 is 37.9. The van der Waals surface area contributed by atoms with Gasteiger partial charge in [0.15, 0.2) is 5.82 Å². The monoisotopic (exact) mass is 590 g/mol. The third-order valence-electron chi connectivity index (χ3n) is 6.76. The number of anilines is 1. The van der Waals surface area contributed by atoms with E-state index in [4.69, 9.17) is 4.74 Å². The van der Waals surface area contributed by atoms with Gasteiger partial charge in [0.25, 0.3) is 5.56 Å². The molecule has 14 heteroatoms. The number of halogens is 2. The van der Waals surface area contributed by atoms with Crippen LogP contribution in [0.4, 0.5) is 19.3 Å². The molecule has 5 rings (SSSR count). The second-order valence-corrected chi connectivity index (χ2v) is 9.85. The Bertz CT molecular complexity index is 1910. The molecular formula is C29H28F2N8O4. The van der Waals surface area contributed by atoms with Crippen molar-refractivity contribution in [2.45, 2.75) is 13.1 Å². The van der Waals surface area contributed by atoms with E-state index in [1.807, 2.05) is 19.0 Å². The molecule has 43 heavy (non-hydrogen) atoms. The maximum atomic E-state index is 14.8. The van der Waals surface area contributed by atoms with E-state index in [0.29, 0.717) is 22.4 Å². The Labute approximate surface area is 243 Å². The van der Waals surface area contributed by atoms with E-state index in [1.54, 1.807) is 30.5 Å². The lowest BCUT2D eigenvalue weighted by atomic mass is 10.0. The van der Waals surface area contributed by atoms with Gasteiger partial charge in [-0.25, -0.2) is 27.6 Å². The van der Waals surface area contributed by atoms with Crippen LogP contribution in [0.25, 0.3) is 22.5 Å². The molecule has 0 fully saturated rings. The molecule has 0 saturated heterocycles. The smallest absolute Gasteiger partial charge is 0.352 e. The van der Waals surface area contributed by atoms with Gasteiger partial charge in [-0.15, -0.1) is 10.2 Å². The molecule has 0 radical (unpaired) electrons. The predicted octanol–water partition coefficient (Wildman–Crippen LogP) is 2.86. The summed E-state index contributed by atoms with van der Waals surface area (Å²) in [5.41, 5.74) is 0.523. The number of fused-ring (bicyclic) bond motifs is 1. The highest BCUT2D eigenvalue weighted by molar-refractivity contribution is 5.89. The summed E-state index contributed by atoms with van der Waals surface area (Å²) in [6, 6.07) is 12.8. The van der Waals surface area contributed by atoms with E-state index < -0.39 is 29.4 Å². The highest BCUT2D eigenvalue weighted by Gasteiger charge is 2.24. The first-order valence-electron chi connectivity index (χ1n) is 13.1. The van der Waals surface area contributed by atoms with Crippen molar-refractivity contribution < 1.29 is 18.3 Å². The molecule has 3 heterocycles. The highest BCUT2D eigenvalue weighted by atomic mass is 19.1. The minimum atomic E-state index is -0.886. The lowest BCUT2D eigenvalue weighted by molar-refractivity contribution is 0.254. The van der Waals surface area contributed by atoms with Gasteiger partial charge in [-0.2, -0.15) is 0 Å². The third kappa shape index (κ3) is 5.59. The highest BCUT2D eigenvalue weighted by Crippen LogP contribution is 2.30. The fraction of sp³-hybridized carbons (Fsp3) is 0.207. The Morgan fingerprint density at radius 2 is 1.67 bits per heavy atom. The van der Waals surface area contributed by atoms with Crippen LogP contribution in [0, 0.1) is 11.6 Å². The van der Waals surface area contributed by atoms with Crippen molar-refractivity contribution in [1.29, 1.82) is 0 Å². The van der Waals surface area contributed by atoms with Crippen LogP contribution in [0.15, 0.2) is 70.4 Å². The van der Waals surface area contributed by atoms with Gasteiger partial charge in [-0.1, -0.05) is 18.2 Å². The SMILES string of the molecule is CNC(=O)Nc1ccc(-c2cn3c(c2CN(C)C)c(=O)n(-c2ccc(OC)nn2)c(=O)n3Cc2c(F)cccc2F)cc1. The quantitative estimate of drug-likeness (QED) is 0.285. The molecule has 0 bridgehead atoms. The standard InChI is InChI=1S/C29H28F2N8O4/c1-32-28(41)33-18-10-8-17(9-11-18)19-15-37-26(20(19)14-36(2)3)27(40)39(24-12-13-25(43-4)35-34-24)29(42)38(37)16-21-22(30)6-5-7-23(21)31/h5-13,15H,14,16H2,1-4H3,(H2,32,33,41). The number of amides is 2. The lowest BCUT2D eigenvalue weighted by Crippen LogP contribution is -2.43. The summed E-state index contributed by atoms with van der Waals surface area (Å²) in [4.78, 5) is 41.7. The number of nitrogens with zero attached hydrogens (tertiary/aromatic N) is 6. The van der Waals surface area contributed by atoms with Gasteiger partial charge in [0.05, 0.1) is 13.7 Å². The van der Waals surface area contributed by atoms with Gasteiger partial charge in [-0.3, -0.25) is 9.31 Å². The molecule has 3 aromatic heterocycles. The number of carbonyl (C=O) groups is 1. The van der Waals surface area contributed by atoms with Crippen molar-refractivity contribution in [3.05, 3.63) is 104 Å². The summed E-state index contributed by atoms with van der Waals surface area (Å²) in [6.45, 7) is -0.248. The first kappa shape index (κ1) is 29.1. The normalized spacial score (nSPS) is 11.2. The van der Waals surface area contributed by atoms with Crippen LogP contribution < -0.4 is 26.6 Å². The number of benzene rings is 2. The second kappa shape index (κ2) is 11.9. The summed E-state index contributed by atoms with van der Waals surface area (Å²) in [6.07, 6.45) is 1.58. The number of ether oxygens (including phenoxy) is 1. The number of aromatic nitrogens is 5. The second-order valence-electron chi connectivity index (χ2n) is 9.85. The minimum absolute atomic E-state index is 0.0933. The topological polar surface area (TPSA) is 128 Å². The van der Waals surface area contributed by atoms with E-state index in [9.17, 15) is 23.2 Å². The number of carbonyl (C=O) groups excluding carboxylic acids is 1. The lowest BCUT2D eigenvalue weighted by Gasteiger charge is -2.15. The van der Waals surface area contributed by atoms with Crippen molar-refractivity contribution in [2.24, 2.45) is 0 Å². The van der Waals surface area contributed by atoms with E-state index >= 15 is 0 Å². The maximum absolute atomic E-state index is 14.8. The van der Waals surface area contributed by atoms with E-state index in [-0.39, 0.29) is 35.4 Å². The van der Waals surface area contributed by atoms with Crippen molar-refractivity contribution in [2.75, 3.05) is 33.6 Å². The molecular weight excluding hydrogens is 562 g/mol. The average molecular weight is 591 g/mol. The molecule has 0 atom stereocenters. The van der Waals surface area contributed by atoms with Crippen LogP contribution in [0.3, 0.4) is 0 Å². The van der Waals surface area contributed by atoms with E-state index in [1.165, 1.54) is 36.9 Å². The predicted molar refractivity (Wildman–Crippen MR) is 156 cm³/mol. The molecule has 2 aromatic carbocycles. The van der Waals surface area contributed by atoms with Crippen molar-refractivity contribution in [1.82, 2.24) is 34.2 Å². The number of urea groups is 1. The average Bonchev–Trinajstić information content (AvgIpc) is 3.35. The molecule has 222 valence electrons. The molecule has 2 amide bonds. The van der Waals surface area contributed by atoms with Gasteiger partial charge >= 0.3 is 11.7 Å².